The Morgan fingerprint density at radius 1 is 1.53 bits per heavy atom. The molecule has 2 heterocycles. The molecule has 1 fully saturated rings. The van der Waals surface area contributed by atoms with E-state index in [0.29, 0.717) is 16.0 Å². The predicted octanol–water partition coefficient (Wildman–Crippen LogP) is 1.29. The van der Waals surface area contributed by atoms with Gasteiger partial charge in [-0.1, -0.05) is 6.92 Å². The molecule has 0 aliphatic carbocycles. The number of halogens is 2. The molecule has 1 aliphatic heterocycles. The van der Waals surface area contributed by atoms with Gasteiger partial charge in [0.2, 0.25) is 0 Å². The number of carbonyl (C=O) groups is 1. The molecule has 1 amide bonds. The summed E-state index contributed by atoms with van der Waals surface area (Å²) in [5.41, 5.74) is 0.231. The fourth-order valence-corrected chi connectivity index (χ4v) is 2.43. The van der Waals surface area contributed by atoms with Gasteiger partial charge in [0.1, 0.15) is 0 Å². The summed E-state index contributed by atoms with van der Waals surface area (Å²) in [6.07, 6.45) is 2.37. The first-order valence-corrected chi connectivity index (χ1v) is 6.77. The maximum absolute atomic E-state index is 12.0. The quantitative estimate of drug-likeness (QED) is 0.752. The van der Waals surface area contributed by atoms with Crippen LogP contribution in [0.25, 0.3) is 0 Å². The number of piperidine rings is 1. The van der Waals surface area contributed by atoms with E-state index in [2.05, 4.69) is 38.5 Å². The van der Waals surface area contributed by atoms with Gasteiger partial charge in [-0.05, 0) is 47.4 Å². The highest BCUT2D eigenvalue weighted by Gasteiger charge is 2.23. The lowest BCUT2D eigenvalue weighted by Gasteiger charge is -2.30. The van der Waals surface area contributed by atoms with Crippen molar-refractivity contribution in [2.75, 3.05) is 13.1 Å². The third-order valence-electron chi connectivity index (χ3n) is 3.22. The second-order valence-electron chi connectivity index (χ2n) is 4.62. The molecule has 1 aromatic rings. The van der Waals surface area contributed by atoms with E-state index in [1.807, 2.05) is 0 Å². The fraction of sp³-hybridized carbons (Fsp3) is 0.500. The number of rotatable bonds is 2. The Morgan fingerprint density at radius 2 is 2.26 bits per heavy atom. The minimum atomic E-state index is -0.234. The number of pyridine rings is 1. The smallest absolute Gasteiger partial charge is 0.262 e. The van der Waals surface area contributed by atoms with Crippen molar-refractivity contribution in [3.8, 4) is 0 Å². The van der Waals surface area contributed by atoms with Crippen molar-refractivity contribution in [2.45, 2.75) is 19.4 Å². The van der Waals surface area contributed by atoms with Crippen LogP contribution in [0.5, 0.6) is 0 Å². The van der Waals surface area contributed by atoms with Crippen LogP contribution in [0, 0.1) is 5.92 Å². The second-order valence-corrected chi connectivity index (χ2v) is 5.47. The molecule has 0 bridgehead atoms. The van der Waals surface area contributed by atoms with Crippen LogP contribution in [0.4, 0.5) is 0 Å². The maximum Gasteiger partial charge on any atom is 0.262 e. The third-order valence-corrected chi connectivity index (χ3v) is 3.81. The molecule has 0 radical (unpaired) electrons. The van der Waals surface area contributed by atoms with Crippen molar-refractivity contribution in [3.05, 3.63) is 32.7 Å². The fourth-order valence-electron chi connectivity index (χ4n) is 2.07. The van der Waals surface area contributed by atoms with Crippen molar-refractivity contribution in [2.24, 2.45) is 5.92 Å². The van der Waals surface area contributed by atoms with E-state index in [9.17, 15) is 9.59 Å². The van der Waals surface area contributed by atoms with E-state index in [4.69, 9.17) is 0 Å². The van der Waals surface area contributed by atoms with Gasteiger partial charge in [-0.25, -0.2) is 0 Å². The summed E-state index contributed by atoms with van der Waals surface area (Å²) in [5.74, 6) is 0.264. The summed E-state index contributed by atoms with van der Waals surface area (Å²) in [6, 6.07) is 1.73. The molecule has 0 aromatic carbocycles. The molecular formula is C12H17BrClN3O2. The highest BCUT2D eigenvalue weighted by molar-refractivity contribution is 9.10. The molecule has 7 heteroatoms. The first kappa shape index (κ1) is 16.2. The Balaban J connectivity index is 0.00000180. The molecule has 1 aliphatic rings. The van der Waals surface area contributed by atoms with E-state index < -0.39 is 0 Å². The summed E-state index contributed by atoms with van der Waals surface area (Å²) in [5, 5.41) is 6.30. The monoisotopic (exact) mass is 349 g/mol. The average molecular weight is 351 g/mol. The Labute approximate surface area is 126 Å². The normalized spacial score (nSPS) is 22.4. The molecule has 2 unspecified atom stereocenters. The van der Waals surface area contributed by atoms with Crippen LogP contribution in [0.3, 0.4) is 0 Å². The molecule has 106 valence electrons. The summed E-state index contributed by atoms with van der Waals surface area (Å²) >= 11 is 3.12. The molecule has 2 rings (SSSR count). The number of nitrogens with one attached hydrogen (secondary N) is 3. The first-order valence-electron chi connectivity index (χ1n) is 5.97. The molecular weight excluding hydrogens is 334 g/mol. The topological polar surface area (TPSA) is 74.0 Å². The highest BCUT2D eigenvalue weighted by atomic mass is 79.9. The summed E-state index contributed by atoms with van der Waals surface area (Å²) in [7, 11) is 0. The van der Waals surface area contributed by atoms with Crippen LogP contribution >= 0.6 is 28.3 Å². The van der Waals surface area contributed by atoms with Gasteiger partial charge in [0, 0.05) is 12.2 Å². The van der Waals surface area contributed by atoms with Crippen molar-refractivity contribution >= 4 is 34.2 Å². The Kier molecular flexibility index (Phi) is 6.03. The second kappa shape index (κ2) is 7.07. The lowest BCUT2D eigenvalue weighted by molar-refractivity contribution is 0.0913. The van der Waals surface area contributed by atoms with Gasteiger partial charge in [-0.2, -0.15) is 0 Å². The van der Waals surface area contributed by atoms with Gasteiger partial charge in [0.15, 0.2) is 0 Å². The molecule has 19 heavy (non-hydrogen) atoms. The van der Waals surface area contributed by atoms with E-state index in [-0.39, 0.29) is 29.9 Å². The zero-order chi connectivity index (χ0) is 13.1. The van der Waals surface area contributed by atoms with E-state index in [1.54, 1.807) is 6.07 Å². The van der Waals surface area contributed by atoms with Crippen LogP contribution in [-0.2, 0) is 0 Å². The van der Waals surface area contributed by atoms with E-state index >= 15 is 0 Å². The van der Waals surface area contributed by atoms with Crippen molar-refractivity contribution in [1.82, 2.24) is 15.6 Å². The number of carbonyl (C=O) groups excluding carboxylic acids is 1. The van der Waals surface area contributed by atoms with E-state index in [1.165, 1.54) is 6.20 Å². The first-order chi connectivity index (χ1) is 8.58. The van der Waals surface area contributed by atoms with Gasteiger partial charge in [-0.3, -0.25) is 9.59 Å². The largest absolute Gasteiger partial charge is 0.349 e. The van der Waals surface area contributed by atoms with Gasteiger partial charge >= 0.3 is 0 Å². The van der Waals surface area contributed by atoms with Crippen LogP contribution in [0.15, 0.2) is 21.5 Å². The third kappa shape index (κ3) is 4.06. The number of aromatic amines is 1. The standard InChI is InChI=1S/C12H16BrN3O2.ClH/c1-7-5-14-3-2-10(7)16-11(17)8-4-9(13)12(18)15-6-8;/h4,6-7,10,14H,2-3,5H2,1H3,(H,15,18)(H,16,17);1H. The van der Waals surface area contributed by atoms with Gasteiger partial charge in [0.05, 0.1) is 10.0 Å². The molecule has 5 nitrogen and oxygen atoms in total. The minimum Gasteiger partial charge on any atom is -0.349 e. The Hall–Kier alpha value is -0.850. The zero-order valence-corrected chi connectivity index (χ0v) is 12.9. The highest BCUT2D eigenvalue weighted by Crippen LogP contribution is 2.12. The number of aromatic nitrogens is 1. The Bertz CT molecular complexity index is 506. The molecule has 2 atom stereocenters. The molecule has 1 saturated heterocycles. The number of hydrogen-bond acceptors (Lipinski definition) is 3. The maximum atomic E-state index is 12.0. The average Bonchev–Trinajstić information content (AvgIpc) is 2.35. The molecule has 0 spiro atoms. The van der Waals surface area contributed by atoms with Crippen LogP contribution in [0.2, 0.25) is 0 Å². The lowest BCUT2D eigenvalue weighted by Crippen LogP contribution is -2.48. The van der Waals surface area contributed by atoms with Crippen LogP contribution in [0.1, 0.15) is 23.7 Å². The van der Waals surface area contributed by atoms with Gasteiger partial charge < -0.3 is 15.6 Å². The van der Waals surface area contributed by atoms with Crippen molar-refractivity contribution in [1.29, 1.82) is 0 Å². The number of amides is 1. The minimum absolute atomic E-state index is 0. The van der Waals surface area contributed by atoms with Crippen LogP contribution < -0.4 is 16.2 Å². The summed E-state index contributed by atoms with van der Waals surface area (Å²) in [4.78, 5) is 25.8. The van der Waals surface area contributed by atoms with Crippen molar-refractivity contribution < 1.29 is 4.79 Å². The van der Waals surface area contributed by atoms with E-state index in [0.717, 1.165) is 19.5 Å². The van der Waals surface area contributed by atoms with Gasteiger partial charge in [0.25, 0.3) is 11.5 Å². The predicted molar refractivity (Wildman–Crippen MR) is 79.9 cm³/mol. The number of H-pyrrole nitrogens is 1. The van der Waals surface area contributed by atoms with Crippen molar-refractivity contribution in [3.63, 3.8) is 0 Å². The molecule has 0 saturated carbocycles. The SMILES string of the molecule is CC1CNCCC1NC(=O)c1c[nH]c(=O)c(Br)c1.Cl. The summed E-state index contributed by atoms with van der Waals surface area (Å²) in [6.45, 7) is 3.95. The Morgan fingerprint density at radius 3 is 2.89 bits per heavy atom. The summed E-state index contributed by atoms with van der Waals surface area (Å²) < 4.78 is 0.369. The molecule has 3 N–H and O–H groups in total. The van der Waals surface area contributed by atoms with Gasteiger partial charge in [-0.15, -0.1) is 12.4 Å². The zero-order valence-electron chi connectivity index (χ0n) is 10.5. The number of hydrogen-bond donors (Lipinski definition) is 3. The van der Waals surface area contributed by atoms with Crippen LogP contribution in [-0.4, -0.2) is 30.0 Å². The lowest BCUT2D eigenvalue weighted by atomic mass is 9.95. The molecule has 1 aromatic heterocycles.